The molecule has 86 valence electrons. The molecule has 2 N–H and O–H groups in total. The fourth-order valence-electron chi connectivity index (χ4n) is 1.54. The molecule has 0 radical (unpaired) electrons. The summed E-state index contributed by atoms with van der Waals surface area (Å²) in [4.78, 5) is 22.1. The van der Waals surface area contributed by atoms with E-state index in [9.17, 15) is 9.59 Å². The second-order valence-electron chi connectivity index (χ2n) is 3.84. The number of carbonyl (C=O) groups is 2. The molecule has 0 spiro atoms. The molecule has 0 saturated heterocycles. The monoisotopic (exact) mass is 266 g/mol. The van der Waals surface area contributed by atoms with Crippen LogP contribution in [0.25, 0.3) is 0 Å². The van der Waals surface area contributed by atoms with E-state index >= 15 is 0 Å². The first-order valence-electron chi connectivity index (χ1n) is 4.86. The van der Waals surface area contributed by atoms with Crippen molar-refractivity contribution in [3.8, 4) is 0 Å². The summed E-state index contributed by atoms with van der Waals surface area (Å²) in [6.45, 7) is 5.19. The molecule has 0 aromatic carbocycles. The fraction of sp³-hybridized carbons (Fsp3) is 0.800. The Balaban J connectivity index is -0.000000845. The standard InChI is InChI=1S/C10H18O4.K.Na.2H/c1-4-5-6-10(7(2)3,8(11)12)9(13)14;;;;/h7H,4-6H2,1-3H3,(H,11,12)(H,13,14);;;;. The van der Waals surface area contributed by atoms with Gasteiger partial charge in [-0.15, -0.1) is 0 Å². The molecular formula is C10H20KNaO4. The van der Waals surface area contributed by atoms with Crippen molar-refractivity contribution < 1.29 is 19.8 Å². The molecule has 0 unspecified atom stereocenters. The Bertz CT molecular complexity index is 217. The van der Waals surface area contributed by atoms with Crippen molar-refractivity contribution in [2.24, 2.45) is 11.3 Å². The van der Waals surface area contributed by atoms with Crippen molar-refractivity contribution in [3.63, 3.8) is 0 Å². The maximum atomic E-state index is 11.0. The summed E-state index contributed by atoms with van der Waals surface area (Å²) in [6.07, 6.45) is 1.62. The third kappa shape index (κ3) is 5.48. The zero-order chi connectivity index (χ0) is 11.4. The molecular weight excluding hydrogens is 246 g/mol. The van der Waals surface area contributed by atoms with Crippen LogP contribution in [0.2, 0.25) is 0 Å². The number of aliphatic carboxylic acids is 2. The molecule has 0 saturated carbocycles. The SMILES string of the molecule is CCCCC(C(=O)O)(C(=O)O)C(C)C.[KH].[NaH]. The molecule has 0 heterocycles. The first kappa shape index (κ1) is 22.7. The summed E-state index contributed by atoms with van der Waals surface area (Å²) in [6, 6.07) is 0. The maximum absolute atomic E-state index is 11.0. The van der Waals surface area contributed by atoms with Crippen LogP contribution in [0.1, 0.15) is 40.0 Å². The van der Waals surface area contributed by atoms with E-state index in [0.29, 0.717) is 6.42 Å². The summed E-state index contributed by atoms with van der Waals surface area (Å²) in [5.74, 6) is -2.86. The van der Waals surface area contributed by atoms with Crippen LogP contribution in [0.3, 0.4) is 0 Å². The van der Waals surface area contributed by atoms with E-state index in [1.807, 2.05) is 6.92 Å². The van der Waals surface area contributed by atoms with Gasteiger partial charge in [-0.2, -0.15) is 0 Å². The van der Waals surface area contributed by atoms with Gasteiger partial charge in [0.2, 0.25) is 0 Å². The van der Waals surface area contributed by atoms with Crippen molar-refractivity contribution in [1.29, 1.82) is 0 Å². The van der Waals surface area contributed by atoms with Crippen molar-refractivity contribution in [3.05, 3.63) is 0 Å². The zero-order valence-electron chi connectivity index (χ0n) is 8.91. The summed E-state index contributed by atoms with van der Waals surface area (Å²) >= 11 is 0. The van der Waals surface area contributed by atoms with Gasteiger partial charge in [0.25, 0.3) is 0 Å². The number of hydrogen-bond acceptors (Lipinski definition) is 2. The Morgan fingerprint density at radius 3 is 1.75 bits per heavy atom. The van der Waals surface area contributed by atoms with E-state index in [1.54, 1.807) is 13.8 Å². The van der Waals surface area contributed by atoms with Crippen LogP contribution in [0, 0.1) is 11.3 Å². The van der Waals surface area contributed by atoms with E-state index in [4.69, 9.17) is 10.2 Å². The third-order valence-corrected chi connectivity index (χ3v) is 2.67. The van der Waals surface area contributed by atoms with Gasteiger partial charge in [-0.3, -0.25) is 9.59 Å². The van der Waals surface area contributed by atoms with Gasteiger partial charge in [0.05, 0.1) is 0 Å². The number of carboxylic acids is 2. The van der Waals surface area contributed by atoms with Crippen LogP contribution >= 0.6 is 0 Å². The van der Waals surface area contributed by atoms with Gasteiger partial charge in [0, 0.05) is 0 Å². The molecule has 0 aliphatic carbocycles. The van der Waals surface area contributed by atoms with Crippen molar-refractivity contribution >= 4 is 92.9 Å². The van der Waals surface area contributed by atoms with E-state index in [1.165, 1.54) is 0 Å². The zero-order valence-corrected chi connectivity index (χ0v) is 8.91. The molecule has 0 fully saturated rings. The summed E-state index contributed by atoms with van der Waals surface area (Å²) in [5, 5.41) is 18.0. The summed E-state index contributed by atoms with van der Waals surface area (Å²) < 4.78 is 0. The van der Waals surface area contributed by atoms with E-state index in [0.717, 1.165) is 6.42 Å². The molecule has 4 nitrogen and oxygen atoms in total. The Kier molecular flexibility index (Phi) is 14.9. The quantitative estimate of drug-likeness (QED) is 0.548. The number of hydrogen-bond donors (Lipinski definition) is 2. The van der Waals surface area contributed by atoms with Crippen molar-refractivity contribution in [1.82, 2.24) is 0 Å². The first-order chi connectivity index (χ1) is 6.39. The average molecular weight is 266 g/mol. The second kappa shape index (κ2) is 10.5. The van der Waals surface area contributed by atoms with Gasteiger partial charge in [0.15, 0.2) is 5.41 Å². The van der Waals surface area contributed by atoms with Crippen molar-refractivity contribution in [2.75, 3.05) is 0 Å². The molecule has 0 aliphatic rings. The molecule has 0 atom stereocenters. The molecule has 6 heteroatoms. The van der Waals surface area contributed by atoms with Crippen LogP contribution < -0.4 is 0 Å². The van der Waals surface area contributed by atoms with Crippen LogP contribution in [-0.2, 0) is 9.59 Å². The fourth-order valence-corrected chi connectivity index (χ4v) is 1.54. The topological polar surface area (TPSA) is 74.6 Å². The Labute approximate surface area is 161 Å². The normalized spacial score (nSPS) is 10.2. The van der Waals surface area contributed by atoms with Gasteiger partial charge in [0.1, 0.15) is 0 Å². The Morgan fingerprint density at radius 2 is 1.56 bits per heavy atom. The summed E-state index contributed by atoms with van der Waals surface area (Å²) in [7, 11) is 0. The molecule has 16 heavy (non-hydrogen) atoms. The van der Waals surface area contributed by atoms with Gasteiger partial charge in [-0.1, -0.05) is 33.6 Å². The van der Waals surface area contributed by atoms with Crippen LogP contribution in [0.5, 0.6) is 0 Å². The molecule has 0 bridgehead atoms. The third-order valence-electron chi connectivity index (χ3n) is 2.67. The van der Waals surface area contributed by atoms with Crippen molar-refractivity contribution in [2.45, 2.75) is 40.0 Å². The van der Waals surface area contributed by atoms with Crippen LogP contribution in [0.4, 0.5) is 0 Å². The Hall–Kier alpha value is 1.58. The minimum absolute atomic E-state index is 0. The van der Waals surface area contributed by atoms with Gasteiger partial charge >= 0.3 is 92.9 Å². The van der Waals surface area contributed by atoms with Gasteiger partial charge in [-0.05, 0) is 12.3 Å². The predicted octanol–water partition coefficient (Wildman–Crippen LogP) is 0.691. The Morgan fingerprint density at radius 1 is 1.19 bits per heavy atom. The molecule has 0 rings (SSSR count). The second-order valence-corrected chi connectivity index (χ2v) is 3.84. The minimum atomic E-state index is -1.62. The van der Waals surface area contributed by atoms with Gasteiger partial charge in [-0.25, -0.2) is 0 Å². The number of unbranched alkanes of at least 4 members (excludes halogenated alkanes) is 1. The average Bonchev–Trinajstić information content (AvgIpc) is 2.03. The van der Waals surface area contributed by atoms with E-state index in [-0.39, 0.29) is 87.4 Å². The van der Waals surface area contributed by atoms with Crippen LogP contribution in [-0.4, -0.2) is 103 Å². The van der Waals surface area contributed by atoms with E-state index < -0.39 is 23.3 Å². The molecule has 0 aliphatic heterocycles. The molecule has 0 aromatic heterocycles. The first-order valence-corrected chi connectivity index (χ1v) is 4.86. The summed E-state index contributed by atoms with van der Waals surface area (Å²) in [5.41, 5.74) is -1.62. The molecule has 0 aromatic rings. The van der Waals surface area contributed by atoms with Crippen LogP contribution in [0.15, 0.2) is 0 Å². The van der Waals surface area contributed by atoms with Gasteiger partial charge < -0.3 is 10.2 Å². The van der Waals surface area contributed by atoms with E-state index in [2.05, 4.69) is 0 Å². The predicted molar refractivity (Wildman–Crippen MR) is 66.4 cm³/mol. The number of carboxylic acid groups (broad SMARTS) is 2. The molecule has 0 amide bonds. The number of rotatable bonds is 6.